The van der Waals surface area contributed by atoms with E-state index >= 15 is 0 Å². The van der Waals surface area contributed by atoms with Crippen LogP contribution in [-0.4, -0.2) is 11.0 Å². The van der Waals surface area contributed by atoms with Crippen LogP contribution in [0.2, 0.25) is 0 Å². The molecular weight excluding hydrogens is 195 g/mol. The van der Waals surface area contributed by atoms with E-state index in [9.17, 15) is 0 Å². The minimum absolute atomic E-state index is 0. The van der Waals surface area contributed by atoms with Crippen molar-refractivity contribution in [2.24, 2.45) is 0 Å². The van der Waals surface area contributed by atoms with E-state index in [-0.39, 0.29) is 49.3 Å². The van der Waals surface area contributed by atoms with Crippen LogP contribution in [0.4, 0.5) is 0 Å². The van der Waals surface area contributed by atoms with Gasteiger partial charge in [0.1, 0.15) is 0 Å². The fourth-order valence-corrected chi connectivity index (χ4v) is 0. The van der Waals surface area contributed by atoms with Gasteiger partial charge in [-0.1, -0.05) is 0 Å². The van der Waals surface area contributed by atoms with Crippen molar-refractivity contribution in [1.82, 2.24) is 0 Å². The van der Waals surface area contributed by atoms with Gasteiger partial charge < -0.3 is 19.2 Å². The molecule has 0 aliphatic rings. The van der Waals surface area contributed by atoms with Gasteiger partial charge in [0.05, 0.1) is 0 Å². The van der Waals surface area contributed by atoms with Gasteiger partial charge in [-0.2, -0.15) is 7.82 Å². The van der Waals surface area contributed by atoms with E-state index in [2.05, 4.69) is 0 Å². The molecule has 0 heterocycles. The zero-order chi connectivity index (χ0) is 4.50. The van der Waals surface area contributed by atoms with Crippen LogP contribution in [0.5, 0.6) is 0 Å². The Kier molecular flexibility index (Phi) is 24.2. The molecule has 0 fully saturated rings. The normalized spacial score (nSPS) is 7.38. The summed E-state index contributed by atoms with van der Waals surface area (Å²) in [6.45, 7) is 0. The Morgan fingerprint density at radius 3 is 1.12 bits per heavy atom. The van der Waals surface area contributed by atoms with Crippen LogP contribution >= 0.6 is 7.82 Å². The molecule has 0 aromatic rings. The van der Waals surface area contributed by atoms with Gasteiger partial charge in [-0.15, -0.1) is 0 Å². The second kappa shape index (κ2) is 8.55. The molecule has 0 rings (SSSR count). The first-order valence-electron chi connectivity index (χ1n) is 0.730. The molecule has 8 heteroatoms. The van der Waals surface area contributed by atoms with Crippen molar-refractivity contribution in [2.75, 3.05) is 0 Å². The van der Waals surface area contributed by atoms with E-state index in [0.717, 1.165) is 0 Å². The van der Waals surface area contributed by atoms with Crippen molar-refractivity contribution in [3.8, 4) is 0 Å². The molecule has 0 aromatic heterocycles. The summed E-state index contributed by atoms with van der Waals surface area (Å²) in [5.41, 5.74) is 0. The first-order valence-corrected chi connectivity index (χ1v) is 2.19. The molecule has 0 saturated carbocycles. The van der Waals surface area contributed by atoms with E-state index in [1.807, 2.05) is 0 Å². The summed E-state index contributed by atoms with van der Waals surface area (Å²) in [6.07, 6.45) is 0. The molecule has 0 aliphatic heterocycles. The summed E-state index contributed by atoms with van der Waals surface area (Å²) in [5.74, 6) is 0. The van der Waals surface area contributed by atoms with Crippen LogP contribution < -0.4 is 33.5 Å². The number of hydrogen-bond acceptors (Lipinski definition) is 4. The third-order valence-electron chi connectivity index (χ3n) is 0. The largest absolute Gasteiger partial charge is 2.00 e. The van der Waals surface area contributed by atoms with Crippen LogP contribution in [0.15, 0.2) is 0 Å². The van der Waals surface area contributed by atoms with Gasteiger partial charge in [-0.05, 0) is 11.0 Å². The maximum Gasteiger partial charge on any atom is 2.00 e. The molecule has 8 heavy (non-hydrogen) atoms. The molecule has 40 valence electrons. The minimum atomic E-state index is -5.39. The first-order chi connectivity index (χ1) is 2.00. The molecule has 0 aromatic carbocycles. The van der Waals surface area contributed by atoms with Gasteiger partial charge in [-0.3, -0.25) is 0 Å². The predicted octanol–water partition coefficient (Wildman–Crippen LogP) is -7.27. The van der Waals surface area contributed by atoms with Crippen molar-refractivity contribution >= 4 is 18.8 Å². The van der Waals surface area contributed by atoms with E-state index in [1.54, 1.807) is 0 Å². The Labute approximate surface area is 76.3 Å². The predicted molar refractivity (Wildman–Crippen MR) is 18.9 cm³/mol. The Bertz CT molecular complexity index is 62.2. The van der Waals surface area contributed by atoms with E-state index < -0.39 is 7.82 Å². The van der Waals surface area contributed by atoms with Crippen molar-refractivity contribution in [3.63, 3.8) is 0 Å². The molecule has 4 nitrogen and oxygen atoms in total. The third-order valence-corrected chi connectivity index (χ3v) is 0. The summed E-state index contributed by atoms with van der Waals surface area (Å²) < 4.78 is 8.55. The first kappa shape index (κ1) is 22.7. The Morgan fingerprint density at radius 2 is 1.12 bits per heavy atom. The Balaban J connectivity index is -0.0000000267. The average Bonchev–Trinajstić information content (AvgIpc) is 0.722. The van der Waals surface area contributed by atoms with Gasteiger partial charge in [0, 0.05) is 0 Å². The Hall–Kier alpha value is 1.55. The van der Waals surface area contributed by atoms with Crippen molar-refractivity contribution < 1.29 is 57.6 Å². The quantitative estimate of drug-likeness (QED) is 0.286. The maximum atomic E-state index is 8.55. The van der Waals surface area contributed by atoms with E-state index in [1.165, 1.54) is 0 Å². The van der Waals surface area contributed by atoms with Gasteiger partial charge >= 0.3 is 38.3 Å². The Morgan fingerprint density at radius 1 is 1.12 bits per heavy atom. The van der Waals surface area contributed by atoms with Crippen LogP contribution in [0.25, 0.3) is 0 Å². The molecule has 0 N–H and O–H groups in total. The molecule has 0 saturated heterocycles. The van der Waals surface area contributed by atoms with Crippen LogP contribution in [-0.2, 0) is 24.0 Å². The molecule has 0 aliphatic carbocycles. The summed E-state index contributed by atoms with van der Waals surface area (Å²) in [6, 6.07) is 0. The van der Waals surface area contributed by atoms with Crippen LogP contribution in [0.1, 0.15) is 0 Å². The number of phosphoric acid groups is 1. The average molecular weight is 199 g/mol. The SMILES string of the molecule is O=P([O-])([O-])[O-].[Li+].[SiH4].[Zn+2]. The zero-order valence-electron chi connectivity index (χ0n) is 3.79. The topological polar surface area (TPSA) is 86.2 Å². The smallest absolute Gasteiger partial charge is 0.822 e. The summed E-state index contributed by atoms with van der Waals surface area (Å²) >= 11 is 0. The van der Waals surface area contributed by atoms with Gasteiger partial charge in [-0.25, -0.2) is 0 Å². The monoisotopic (exact) mass is 198 g/mol. The number of hydrogen-bond donors (Lipinski definition) is 0. The van der Waals surface area contributed by atoms with Crippen LogP contribution in [0.3, 0.4) is 0 Å². The second-order valence-corrected chi connectivity index (χ2v) is 1.34. The van der Waals surface area contributed by atoms with Gasteiger partial charge in [0.25, 0.3) is 0 Å². The van der Waals surface area contributed by atoms with Gasteiger partial charge in [0.15, 0.2) is 0 Å². The molecule has 0 spiro atoms. The molecule has 0 unspecified atom stereocenters. The minimum Gasteiger partial charge on any atom is -0.822 e. The third kappa shape index (κ3) is 135. The molecule has 0 atom stereocenters. The molecule has 0 amide bonds. The van der Waals surface area contributed by atoms with Crippen molar-refractivity contribution in [1.29, 1.82) is 0 Å². The molecular formula is H4LiO4PSiZn. The standard InChI is InChI=1S/Li.H3O4P.H4Si.Zn/c;1-5(2,3)4;;/h;(H3,1,2,3,4);1H4;/q+1;;;+2/p-3. The fourth-order valence-electron chi connectivity index (χ4n) is 0. The van der Waals surface area contributed by atoms with Crippen molar-refractivity contribution in [3.05, 3.63) is 0 Å². The van der Waals surface area contributed by atoms with Gasteiger partial charge in [0.2, 0.25) is 0 Å². The van der Waals surface area contributed by atoms with Crippen LogP contribution in [0, 0.1) is 0 Å². The summed E-state index contributed by atoms with van der Waals surface area (Å²) in [7, 11) is -5.39. The summed E-state index contributed by atoms with van der Waals surface area (Å²) in [5, 5.41) is 0. The number of rotatable bonds is 0. The second-order valence-electron chi connectivity index (χ2n) is 0.447. The zero-order valence-corrected chi connectivity index (χ0v) is 7.65. The molecule has 0 bridgehead atoms. The maximum absolute atomic E-state index is 8.55. The van der Waals surface area contributed by atoms with Crippen molar-refractivity contribution in [2.45, 2.75) is 0 Å². The summed E-state index contributed by atoms with van der Waals surface area (Å²) in [4.78, 5) is 25.6. The van der Waals surface area contributed by atoms with E-state index in [4.69, 9.17) is 19.2 Å². The fraction of sp³-hybridized carbons (Fsp3) is 0. The molecule has 0 radical (unpaired) electrons. The van der Waals surface area contributed by atoms with E-state index in [0.29, 0.717) is 0 Å².